The molecular weight excluding hydrogens is 304 g/mol. The van der Waals surface area contributed by atoms with Gasteiger partial charge in [0.25, 0.3) is 0 Å². The van der Waals surface area contributed by atoms with Crippen LogP contribution in [0.5, 0.6) is 0 Å². The summed E-state index contributed by atoms with van der Waals surface area (Å²) in [4.78, 5) is 11.3. The smallest absolute Gasteiger partial charge is 0.161 e. The Hall–Kier alpha value is -1.81. The lowest BCUT2D eigenvalue weighted by Crippen LogP contribution is -2.01. The highest BCUT2D eigenvalue weighted by Crippen LogP contribution is 2.26. The van der Waals surface area contributed by atoms with E-state index < -0.39 is 0 Å². The number of hydrogen-bond donors (Lipinski definition) is 2. The monoisotopic (exact) mass is 318 g/mol. The molecule has 0 saturated carbocycles. The molecule has 2 aromatic rings. The molecule has 0 aliphatic heterocycles. The summed E-state index contributed by atoms with van der Waals surface area (Å²) in [5, 5.41) is 3.29. The predicted molar refractivity (Wildman–Crippen MR) is 83.0 cm³/mol. The molecular formula is C15H15BrN2O. The Morgan fingerprint density at radius 1 is 1.21 bits per heavy atom. The van der Waals surface area contributed by atoms with Crippen LogP contribution in [0.1, 0.15) is 22.8 Å². The zero-order chi connectivity index (χ0) is 14.0. The molecule has 0 spiro atoms. The number of ketones is 1. The Morgan fingerprint density at radius 2 is 1.95 bits per heavy atom. The maximum absolute atomic E-state index is 11.3. The summed E-state index contributed by atoms with van der Waals surface area (Å²) in [7, 11) is 0. The third-order valence-corrected chi connectivity index (χ3v) is 3.39. The summed E-state index contributed by atoms with van der Waals surface area (Å²) in [5.41, 5.74) is 9.93. The van der Waals surface area contributed by atoms with Gasteiger partial charge in [-0.05, 0) is 55.8 Å². The van der Waals surface area contributed by atoms with Crippen molar-refractivity contribution in [3.63, 3.8) is 0 Å². The number of anilines is 3. The molecule has 2 aromatic carbocycles. The number of hydrogen-bond acceptors (Lipinski definition) is 3. The molecule has 0 aliphatic rings. The fourth-order valence-electron chi connectivity index (χ4n) is 1.88. The molecule has 0 saturated heterocycles. The normalized spacial score (nSPS) is 10.3. The number of nitrogens with two attached hydrogens (primary N) is 1. The van der Waals surface area contributed by atoms with E-state index in [-0.39, 0.29) is 5.78 Å². The van der Waals surface area contributed by atoms with E-state index in [1.54, 1.807) is 12.1 Å². The van der Waals surface area contributed by atoms with Gasteiger partial charge in [-0.1, -0.05) is 15.9 Å². The topological polar surface area (TPSA) is 55.1 Å². The third-order valence-electron chi connectivity index (χ3n) is 2.90. The summed E-state index contributed by atoms with van der Waals surface area (Å²) in [6, 6.07) is 11.4. The Kier molecular flexibility index (Phi) is 3.90. The molecule has 0 aliphatic carbocycles. The summed E-state index contributed by atoms with van der Waals surface area (Å²) in [5.74, 6) is -0.0242. The molecule has 3 nitrogen and oxygen atoms in total. The van der Waals surface area contributed by atoms with Crippen molar-refractivity contribution in [2.75, 3.05) is 11.1 Å². The van der Waals surface area contributed by atoms with Crippen LogP contribution in [0, 0.1) is 6.92 Å². The lowest BCUT2D eigenvalue weighted by molar-refractivity contribution is 0.101. The van der Waals surface area contributed by atoms with E-state index in [0.29, 0.717) is 11.3 Å². The number of nitrogen functional groups attached to an aromatic ring is 1. The van der Waals surface area contributed by atoms with Gasteiger partial charge in [0.05, 0.1) is 0 Å². The number of rotatable bonds is 3. The minimum Gasteiger partial charge on any atom is -0.398 e. The van der Waals surface area contributed by atoms with E-state index in [1.807, 2.05) is 31.2 Å². The SMILES string of the molecule is CC(=O)c1ccc(Nc2ccc(Br)cc2C)cc1N. The maximum Gasteiger partial charge on any atom is 0.161 e. The van der Waals surface area contributed by atoms with Crippen LogP contribution in [0.15, 0.2) is 40.9 Å². The minimum absolute atomic E-state index is 0.0242. The second-order valence-electron chi connectivity index (χ2n) is 4.44. The van der Waals surface area contributed by atoms with E-state index in [4.69, 9.17) is 5.73 Å². The highest BCUT2D eigenvalue weighted by molar-refractivity contribution is 9.10. The van der Waals surface area contributed by atoms with Gasteiger partial charge < -0.3 is 11.1 Å². The average molecular weight is 319 g/mol. The van der Waals surface area contributed by atoms with Crippen LogP contribution < -0.4 is 11.1 Å². The summed E-state index contributed by atoms with van der Waals surface area (Å²) in [6.07, 6.45) is 0. The Labute approximate surface area is 121 Å². The highest BCUT2D eigenvalue weighted by atomic mass is 79.9. The molecule has 3 N–H and O–H groups in total. The van der Waals surface area contributed by atoms with Gasteiger partial charge in [0.15, 0.2) is 5.78 Å². The van der Waals surface area contributed by atoms with Crippen molar-refractivity contribution in [2.45, 2.75) is 13.8 Å². The first kappa shape index (κ1) is 13.6. The van der Waals surface area contributed by atoms with Crippen molar-refractivity contribution in [1.82, 2.24) is 0 Å². The number of benzene rings is 2. The van der Waals surface area contributed by atoms with Crippen LogP contribution in [0.3, 0.4) is 0 Å². The lowest BCUT2D eigenvalue weighted by atomic mass is 10.1. The van der Waals surface area contributed by atoms with Crippen LogP contribution in [0.4, 0.5) is 17.1 Å². The van der Waals surface area contributed by atoms with Gasteiger partial charge in [-0.2, -0.15) is 0 Å². The third kappa shape index (κ3) is 3.15. The van der Waals surface area contributed by atoms with Crippen molar-refractivity contribution in [1.29, 1.82) is 0 Å². The van der Waals surface area contributed by atoms with Crippen molar-refractivity contribution in [3.05, 3.63) is 52.0 Å². The Balaban J connectivity index is 2.29. The maximum atomic E-state index is 11.3. The van der Waals surface area contributed by atoms with Crippen LogP contribution in [0.25, 0.3) is 0 Å². The van der Waals surface area contributed by atoms with Crippen LogP contribution >= 0.6 is 15.9 Å². The number of Topliss-reactive ketones (excluding diaryl/α,β-unsaturated/α-hetero) is 1. The molecule has 0 aromatic heterocycles. The highest BCUT2D eigenvalue weighted by Gasteiger charge is 2.06. The van der Waals surface area contributed by atoms with E-state index in [9.17, 15) is 4.79 Å². The van der Waals surface area contributed by atoms with Crippen LogP contribution in [-0.2, 0) is 0 Å². The number of halogens is 1. The van der Waals surface area contributed by atoms with Gasteiger partial charge in [-0.25, -0.2) is 0 Å². The molecule has 0 heterocycles. The van der Waals surface area contributed by atoms with Gasteiger partial charge >= 0.3 is 0 Å². The van der Waals surface area contributed by atoms with E-state index >= 15 is 0 Å². The zero-order valence-electron chi connectivity index (χ0n) is 10.8. The second-order valence-corrected chi connectivity index (χ2v) is 5.36. The molecule has 0 fully saturated rings. The van der Waals surface area contributed by atoms with E-state index in [2.05, 4.69) is 21.2 Å². The van der Waals surface area contributed by atoms with Crippen LogP contribution in [0.2, 0.25) is 0 Å². The quantitative estimate of drug-likeness (QED) is 0.655. The number of nitrogens with one attached hydrogen (secondary N) is 1. The molecule has 0 amide bonds. The second kappa shape index (κ2) is 5.45. The molecule has 98 valence electrons. The fraction of sp³-hybridized carbons (Fsp3) is 0.133. The Morgan fingerprint density at radius 3 is 2.53 bits per heavy atom. The summed E-state index contributed by atoms with van der Waals surface area (Å²) in [6.45, 7) is 3.54. The number of carbonyl (C=O) groups excluding carboxylic acids is 1. The van der Waals surface area contributed by atoms with Crippen molar-refractivity contribution < 1.29 is 4.79 Å². The lowest BCUT2D eigenvalue weighted by Gasteiger charge is -2.11. The minimum atomic E-state index is -0.0242. The first-order valence-corrected chi connectivity index (χ1v) is 6.70. The molecule has 4 heteroatoms. The van der Waals surface area contributed by atoms with E-state index in [0.717, 1.165) is 21.4 Å². The van der Waals surface area contributed by atoms with Gasteiger partial charge in [0, 0.05) is 27.1 Å². The molecule has 0 radical (unpaired) electrons. The Bertz CT molecular complexity index is 638. The zero-order valence-corrected chi connectivity index (χ0v) is 12.4. The predicted octanol–water partition coefficient (Wildman–Crippen LogP) is 4.29. The van der Waals surface area contributed by atoms with Gasteiger partial charge in [-0.3, -0.25) is 4.79 Å². The first-order valence-electron chi connectivity index (χ1n) is 5.91. The molecule has 19 heavy (non-hydrogen) atoms. The van der Waals surface area contributed by atoms with E-state index in [1.165, 1.54) is 6.92 Å². The molecule has 2 rings (SSSR count). The standard InChI is InChI=1S/C15H15BrN2O/c1-9-7-11(16)3-6-15(9)18-12-4-5-13(10(2)19)14(17)8-12/h3-8,18H,17H2,1-2H3. The molecule has 0 atom stereocenters. The average Bonchev–Trinajstić information content (AvgIpc) is 2.32. The van der Waals surface area contributed by atoms with Crippen molar-refractivity contribution in [3.8, 4) is 0 Å². The molecule has 0 bridgehead atoms. The van der Waals surface area contributed by atoms with Gasteiger partial charge in [0.1, 0.15) is 0 Å². The number of carbonyl (C=O) groups is 1. The summed E-state index contributed by atoms with van der Waals surface area (Å²) >= 11 is 3.43. The van der Waals surface area contributed by atoms with Crippen molar-refractivity contribution in [2.24, 2.45) is 0 Å². The van der Waals surface area contributed by atoms with Crippen LogP contribution in [-0.4, -0.2) is 5.78 Å². The van der Waals surface area contributed by atoms with Crippen molar-refractivity contribution >= 4 is 38.8 Å². The van der Waals surface area contributed by atoms with Gasteiger partial charge in [-0.15, -0.1) is 0 Å². The number of aryl methyl sites for hydroxylation is 1. The summed E-state index contributed by atoms with van der Waals surface area (Å²) < 4.78 is 1.04. The van der Waals surface area contributed by atoms with Gasteiger partial charge in [0.2, 0.25) is 0 Å². The fourth-order valence-corrected chi connectivity index (χ4v) is 2.36. The molecule has 0 unspecified atom stereocenters. The first-order chi connectivity index (χ1) is 8.97. The largest absolute Gasteiger partial charge is 0.398 e.